The van der Waals surface area contributed by atoms with E-state index in [1.165, 1.54) is 0 Å². The van der Waals surface area contributed by atoms with Gasteiger partial charge in [0, 0.05) is 6.42 Å². The molecule has 5 atom stereocenters. The van der Waals surface area contributed by atoms with Gasteiger partial charge in [0.15, 0.2) is 18.3 Å². The Kier molecular flexibility index (Phi) is 11.1. The maximum Gasteiger partial charge on any atom is 0.338 e. The predicted molar refractivity (Wildman–Crippen MR) is 167 cm³/mol. The Morgan fingerprint density at radius 1 is 0.532 bits per heavy atom. The van der Waals surface area contributed by atoms with Crippen LogP contribution in [-0.2, 0) is 23.7 Å². The lowest BCUT2D eigenvalue weighted by atomic mass is 9.91. The lowest BCUT2D eigenvalue weighted by molar-refractivity contribution is -0.229. The van der Waals surface area contributed by atoms with Crippen molar-refractivity contribution in [3.8, 4) is 6.07 Å². The molecule has 1 fully saturated rings. The van der Waals surface area contributed by atoms with E-state index in [9.17, 15) is 24.4 Å². The molecule has 0 spiro atoms. The highest BCUT2D eigenvalue weighted by atomic mass is 16.7. The second kappa shape index (κ2) is 16.0. The minimum Gasteiger partial charge on any atom is -0.459 e. The predicted octanol–water partition coefficient (Wildman–Crippen LogP) is 5.59. The van der Waals surface area contributed by atoms with Crippen molar-refractivity contribution in [2.45, 2.75) is 43.4 Å². The van der Waals surface area contributed by atoms with Gasteiger partial charge in [-0.25, -0.2) is 19.2 Å². The van der Waals surface area contributed by atoms with Crippen molar-refractivity contribution in [1.82, 2.24) is 0 Å². The molecular formula is C37H31NO9. The molecule has 1 heterocycles. The van der Waals surface area contributed by atoms with E-state index in [-0.39, 0.29) is 35.1 Å². The van der Waals surface area contributed by atoms with Crippen LogP contribution in [0.4, 0.5) is 0 Å². The highest BCUT2D eigenvalue weighted by Crippen LogP contribution is 2.33. The smallest absolute Gasteiger partial charge is 0.338 e. The van der Waals surface area contributed by atoms with Crippen molar-refractivity contribution < 1.29 is 42.9 Å². The second-order valence-corrected chi connectivity index (χ2v) is 10.6. The van der Waals surface area contributed by atoms with E-state index in [0.717, 1.165) is 0 Å². The molecule has 0 aromatic heterocycles. The number of carbonyl (C=O) groups is 4. The summed E-state index contributed by atoms with van der Waals surface area (Å²) < 4.78 is 29.8. The zero-order valence-electron chi connectivity index (χ0n) is 25.2. The topological polar surface area (TPSA) is 138 Å². The molecule has 4 aromatic carbocycles. The maximum absolute atomic E-state index is 13.5. The van der Waals surface area contributed by atoms with Gasteiger partial charge in [-0.1, -0.05) is 72.8 Å². The number of nitrogens with zero attached hydrogens (tertiary/aromatic N) is 1. The standard InChI is InChI=1S/C37H31NO9/c38-23-13-22-29-31(45-35(40)26-16-7-2-8-17-26)33(47-37(42)28-20-11-4-12-21-28)32(46-36(41)27-18-9-3-10-19-27)30(44-29)24-43-34(39)25-14-5-1-6-15-25/h1-12,14-21,29-33H,13,22,24H2/t29-,30+,31-,32+,33+/m0/s1. The summed E-state index contributed by atoms with van der Waals surface area (Å²) in [4.78, 5) is 53.3. The SMILES string of the molecule is N#CCC[C@@H]1O[C@H](COC(=O)c2ccccc2)[C@@H](OC(=O)c2ccccc2)[C@H](OC(=O)c2ccccc2)[C@H]1OC(=O)c1ccccc1. The van der Waals surface area contributed by atoms with E-state index in [4.69, 9.17) is 23.7 Å². The van der Waals surface area contributed by atoms with Crippen LogP contribution in [0.5, 0.6) is 0 Å². The summed E-state index contributed by atoms with van der Waals surface area (Å²) >= 11 is 0. The zero-order chi connectivity index (χ0) is 33.0. The van der Waals surface area contributed by atoms with Crippen LogP contribution < -0.4 is 0 Å². The van der Waals surface area contributed by atoms with Gasteiger partial charge >= 0.3 is 23.9 Å². The van der Waals surface area contributed by atoms with Crippen molar-refractivity contribution in [1.29, 1.82) is 5.26 Å². The van der Waals surface area contributed by atoms with Gasteiger partial charge in [-0.3, -0.25) is 0 Å². The summed E-state index contributed by atoms with van der Waals surface area (Å²) in [5, 5.41) is 9.43. The Morgan fingerprint density at radius 3 is 1.30 bits per heavy atom. The lowest BCUT2D eigenvalue weighted by Crippen LogP contribution is -2.62. The molecule has 0 saturated carbocycles. The van der Waals surface area contributed by atoms with Crippen LogP contribution in [-0.4, -0.2) is 61.0 Å². The van der Waals surface area contributed by atoms with E-state index >= 15 is 0 Å². The van der Waals surface area contributed by atoms with Crippen LogP contribution in [0.15, 0.2) is 121 Å². The van der Waals surface area contributed by atoms with Crippen LogP contribution >= 0.6 is 0 Å². The molecule has 1 aliphatic rings. The molecule has 47 heavy (non-hydrogen) atoms. The highest BCUT2D eigenvalue weighted by Gasteiger charge is 2.52. The first-order valence-corrected chi connectivity index (χ1v) is 15.0. The van der Waals surface area contributed by atoms with E-state index in [1.54, 1.807) is 121 Å². The van der Waals surface area contributed by atoms with Gasteiger partial charge in [0.2, 0.25) is 0 Å². The van der Waals surface area contributed by atoms with Gasteiger partial charge in [-0.2, -0.15) is 5.26 Å². The third kappa shape index (κ3) is 8.48. The minimum absolute atomic E-state index is 0.00556. The summed E-state index contributed by atoms with van der Waals surface area (Å²) in [6.45, 7) is -0.414. The molecule has 0 unspecified atom stereocenters. The molecule has 0 amide bonds. The van der Waals surface area contributed by atoms with Crippen molar-refractivity contribution >= 4 is 23.9 Å². The molecule has 4 aromatic rings. The second-order valence-electron chi connectivity index (χ2n) is 10.6. The summed E-state index contributed by atoms with van der Waals surface area (Å²) in [5.41, 5.74) is 0.895. The third-order valence-corrected chi connectivity index (χ3v) is 7.42. The molecular weight excluding hydrogens is 602 g/mol. The summed E-state index contributed by atoms with van der Waals surface area (Å²) in [7, 11) is 0. The normalized spacial score (nSPS) is 20.2. The first-order chi connectivity index (χ1) is 22.9. The Hall–Kier alpha value is -5.79. The average Bonchev–Trinajstić information content (AvgIpc) is 3.13. The molecule has 1 saturated heterocycles. The fourth-order valence-electron chi connectivity index (χ4n) is 5.10. The molecule has 0 N–H and O–H groups in total. The summed E-state index contributed by atoms with van der Waals surface area (Å²) in [6, 6.07) is 34.8. The fraction of sp³-hybridized carbons (Fsp3) is 0.216. The lowest BCUT2D eigenvalue weighted by Gasteiger charge is -2.44. The van der Waals surface area contributed by atoms with Crippen LogP contribution in [0.2, 0.25) is 0 Å². The fourth-order valence-corrected chi connectivity index (χ4v) is 5.10. The van der Waals surface area contributed by atoms with Gasteiger partial charge in [-0.05, 0) is 55.0 Å². The minimum atomic E-state index is -1.43. The number of hydrogen-bond acceptors (Lipinski definition) is 10. The number of esters is 4. The zero-order valence-corrected chi connectivity index (χ0v) is 25.2. The first-order valence-electron chi connectivity index (χ1n) is 15.0. The number of benzene rings is 4. The van der Waals surface area contributed by atoms with Crippen molar-refractivity contribution in [3.63, 3.8) is 0 Å². The van der Waals surface area contributed by atoms with Crippen molar-refractivity contribution in [3.05, 3.63) is 144 Å². The molecule has 238 valence electrons. The summed E-state index contributed by atoms with van der Waals surface area (Å²) in [6.07, 6.45) is -6.30. The first kappa shape index (κ1) is 32.6. The van der Waals surface area contributed by atoms with Gasteiger partial charge in [-0.15, -0.1) is 0 Å². The van der Waals surface area contributed by atoms with Crippen LogP contribution in [0, 0.1) is 11.3 Å². The van der Waals surface area contributed by atoms with Crippen LogP contribution in [0.25, 0.3) is 0 Å². The third-order valence-electron chi connectivity index (χ3n) is 7.42. The molecule has 10 nitrogen and oxygen atoms in total. The van der Waals surface area contributed by atoms with Gasteiger partial charge in [0.05, 0.1) is 28.3 Å². The number of nitriles is 1. The average molecular weight is 634 g/mol. The largest absolute Gasteiger partial charge is 0.459 e. The van der Waals surface area contributed by atoms with Crippen molar-refractivity contribution in [2.24, 2.45) is 0 Å². The number of ether oxygens (including phenoxy) is 5. The Bertz CT molecular complexity index is 1690. The Morgan fingerprint density at radius 2 is 0.894 bits per heavy atom. The monoisotopic (exact) mass is 633 g/mol. The summed E-state index contributed by atoms with van der Waals surface area (Å²) in [5.74, 6) is -2.96. The van der Waals surface area contributed by atoms with E-state index in [2.05, 4.69) is 6.07 Å². The number of hydrogen-bond donors (Lipinski definition) is 0. The van der Waals surface area contributed by atoms with Gasteiger partial charge < -0.3 is 23.7 Å². The Balaban J connectivity index is 1.53. The van der Waals surface area contributed by atoms with Gasteiger partial charge in [0.1, 0.15) is 18.8 Å². The van der Waals surface area contributed by atoms with E-state index in [1.807, 2.05) is 0 Å². The maximum atomic E-state index is 13.5. The molecule has 10 heteroatoms. The van der Waals surface area contributed by atoms with Gasteiger partial charge in [0.25, 0.3) is 0 Å². The highest BCUT2D eigenvalue weighted by molar-refractivity contribution is 5.91. The van der Waals surface area contributed by atoms with E-state index in [0.29, 0.717) is 0 Å². The van der Waals surface area contributed by atoms with Crippen LogP contribution in [0.1, 0.15) is 54.3 Å². The molecule has 0 bridgehead atoms. The Labute approximate surface area is 271 Å². The molecule has 0 radical (unpaired) electrons. The quantitative estimate of drug-likeness (QED) is 0.152. The molecule has 5 rings (SSSR count). The number of carbonyl (C=O) groups excluding carboxylic acids is 4. The van der Waals surface area contributed by atoms with E-state index < -0.39 is 61.0 Å². The van der Waals surface area contributed by atoms with Crippen molar-refractivity contribution in [2.75, 3.05) is 6.61 Å². The van der Waals surface area contributed by atoms with Crippen LogP contribution in [0.3, 0.4) is 0 Å². The molecule has 1 aliphatic heterocycles. The number of rotatable bonds is 11. The molecule has 0 aliphatic carbocycles.